The summed E-state index contributed by atoms with van der Waals surface area (Å²) in [5.74, 6) is 4.66. The molecule has 0 bridgehead atoms. The SMILES string of the molecule is CCc1nc2c(-c3ccc(N)c(NN)c3)c(-c3ccc(F)cc3F)nc(N)n2n1. The predicted molar refractivity (Wildman–Crippen MR) is 108 cm³/mol. The van der Waals surface area contributed by atoms with Crippen LogP contribution in [0.25, 0.3) is 28.0 Å². The zero-order valence-corrected chi connectivity index (χ0v) is 15.4. The van der Waals surface area contributed by atoms with Gasteiger partial charge in [0.15, 0.2) is 11.5 Å². The molecule has 2 heterocycles. The van der Waals surface area contributed by atoms with Crippen LogP contribution in [0.2, 0.25) is 0 Å². The summed E-state index contributed by atoms with van der Waals surface area (Å²) in [5, 5.41) is 4.35. The van der Waals surface area contributed by atoms with Gasteiger partial charge in [0.1, 0.15) is 11.6 Å². The van der Waals surface area contributed by atoms with Crippen molar-refractivity contribution in [3.05, 3.63) is 53.9 Å². The zero-order valence-electron chi connectivity index (χ0n) is 15.4. The minimum absolute atomic E-state index is 0.0299. The van der Waals surface area contributed by atoms with E-state index >= 15 is 0 Å². The molecule has 0 fully saturated rings. The summed E-state index contributed by atoms with van der Waals surface area (Å²) < 4.78 is 29.5. The van der Waals surface area contributed by atoms with Crippen molar-refractivity contribution >= 4 is 23.0 Å². The second-order valence-electron chi connectivity index (χ2n) is 6.38. The lowest BCUT2D eigenvalue weighted by Crippen LogP contribution is -2.10. The van der Waals surface area contributed by atoms with Crippen LogP contribution in [0.15, 0.2) is 36.4 Å². The van der Waals surface area contributed by atoms with Crippen LogP contribution >= 0.6 is 0 Å². The summed E-state index contributed by atoms with van der Waals surface area (Å²) in [6, 6.07) is 8.32. The topological polar surface area (TPSA) is 133 Å². The fraction of sp³-hybridized carbons (Fsp3) is 0.105. The van der Waals surface area contributed by atoms with Gasteiger partial charge in [0.05, 0.1) is 22.6 Å². The van der Waals surface area contributed by atoms with Gasteiger partial charge >= 0.3 is 0 Å². The van der Waals surface area contributed by atoms with Crippen LogP contribution in [-0.2, 0) is 6.42 Å². The van der Waals surface area contributed by atoms with Gasteiger partial charge in [-0.2, -0.15) is 4.52 Å². The first-order valence-electron chi connectivity index (χ1n) is 8.80. The van der Waals surface area contributed by atoms with E-state index in [1.165, 1.54) is 10.6 Å². The molecular weight excluding hydrogens is 378 g/mol. The van der Waals surface area contributed by atoms with Gasteiger partial charge in [0, 0.05) is 18.1 Å². The Kier molecular flexibility index (Phi) is 4.47. The number of rotatable bonds is 4. The number of aryl methyl sites for hydroxylation is 1. The van der Waals surface area contributed by atoms with E-state index in [4.69, 9.17) is 17.3 Å². The molecule has 8 nitrogen and oxygen atoms in total. The molecule has 0 unspecified atom stereocenters. The zero-order chi connectivity index (χ0) is 20.7. The number of nitrogens with two attached hydrogens (primary N) is 3. The molecule has 0 radical (unpaired) electrons. The maximum absolute atomic E-state index is 14.6. The van der Waals surface area contributed by atoms with E-state index in [0.717, 1.165) is 12.1 Å². The van der Waals surface area contributed by atoms with Crippen molar-refractivity contribution in [2.45, 2.75) is 13.3 Å². The Hall–Kier alpha value is -3.79. The molecule has 0 atom stereocenters. The lowest BCUT2D eigenvalue weighted by Gasteiger charge is -2.14. The molecule has 0 aliphatic rings. The fourth-order valence-corrected chi connectivity index (χ4v) is 3.13. The fourth-order valence-electron chi connectivity index (χ4n) is 3.13. The molecule has 0 amide bonds. The summed E-state index contributed by atoms with van der Waals surface area (Å²) in [6.07, 6.45) is 0.568. The van der Waals surface area contributed by atoms with Crippen LogP contribution in [0.3, 0.4) is 0 Å². The van der Waals surface area contributed by atoms with Crippen LogP contribution < -0.4 is 22.7 Å². The Morgan fingerprint density at radius 1 is 1.07 bits per heavy atom. The highest BCUT2D eigenvalue weighted by atomic mass is 19.1. The molecule has 7 N–H and O–H groups in total. The van der Waals surface area contributed by atoms with Gasteiger partial charge in [0.25, 0.3) is 0 Å². The number of anilines is 3. The van der Waals surface area contributed by atoms with Crippen molar-refractivity contribution in [1.29, 1.82) is 0 Å². The second-order valence-corrected chi connectivity index (χ2v) is 6.38. The average molecular weight is 396 g/mol. The third kappa shape index (κ3) is 3.09. The van der Waals surface area contributed by atoms with E-state index in [1.807, 2.05) is 6.92 Å². The van der Waals surface area contributed by atoms with Crippen molar-refractivity contribution in [2.75, 3.05) is 16.9 Å². The Morgan fingerprint density at radius 2 is 1.86 bits per heavy atom. The lowest BCUT2D eigenvalue weighted by atomic mass is 9.98. The number of aromatic nitrogens is 4. The summed E-state index contributed by atoms with van der Waals surface area (Å²) in [6.45, 7) is 1.90. The van der Waals surface area contributed by atoms with Gasteiger partial charge < -0.3 is 16.9 Å². The number of nitrogens with one attached hydrogen (secondary N) is 1. The quantitative estimate of drug-likeness (QED) is 0.237. The van der Waals surface area contributed by atoms with E-state index in [1.54, 1.807) is 18.2 Å². The molecule has 0 saturated carbocycles. The van der Waals surface area contributed by atoms with Gasteiger partial charge in [-0.15, -0.1) is 5.10 Å². The van der Waals surface area contributed by atoms with Gasteiger partial charge in [-0.25, -0.2) is 18.7 Å². The molecule has 10 heteroatoms. The third-order valence-electron chi connectivity index (χ3n) is 4.55. The minimum atomic E-state index is -0.773. The number of nitrogen functional groups attached to an aromatic ring is 3. The molecule has 0 spiro atoms. The molecule has 29 heavy (non-hydrogen) atoms. The monoisotopic (exact) mass is 396 g/mol. The Morgan fingerprint density at radius 3 is 2.55 bits per heavy atom. The summed E-state index contributed by atoms with van der Waals surface area (Å²) in [4.78, 5) is 8.89. The normalized spacial score (nSPS) is 11.2. The largest absolute Gasteiger partial charge is 0.397 e. The van der Waals surface area contributed by atoms with Gasteiger partial charge in [-0.3, -0.25) is 5.84 Å². The van der Waals surface area contributed by atoms with Crippen LogP contribution in [0, 0.1) is 11.6 Å². The minimum Gasteiger partial charge on any atom is -0.397 e. The molecular formula is C19H18F2N8. The van der Waals surface area contributed by atoms with Crippen molar-refractivity contribution in [3.8, 4) is 22.4 Å². The first kappa shape index (κ1) is 18.6. The van der Waals surface area contributed by atoms with E-state index < -0.39 is 11.6 Å². The van der Waals surface area contributed by atoms with Gasteiger partial charge in [0.2, 0.25) is 5.95 Å². The van der Waals surface area contributed by atoms with Crippen LogP contribution in [0.5, 0.6) is 0 Å². The van der Waals surface area contributed by atoms with Gasteiger partial charge in [-0.05, 0) is 29.8 Å². The lowest BCUT2D eigenvalue weighted by molar-refractivity contribution is 0.585. The highest BCUT2D eigenvalue weighted by Crippen LogP contribution is 2.37. The van der Waals surface area contributed by atoms with Crippen LogP contribution in [0.1, 0.15) is 12.7 Å². The van der Waals surface area contributed by atoms with Gasteiger partial charge in [-0.1, -0.05) is 13.0 Å². The van der Waals surface area contributed by atoms with Crippen molar-refractivity contribution in [1.82, 2.24) is 19.6 Å². The average Bonchev–Trinajstić information content (AvgIpc) is 3.13. The van der Waals surface area contributed by atoms with Crippen molar-refractivity contribution in [2.24, 2.45) is 5.84 Å². The van der Waals surface area contributed by atoms with E-state index in [0.29, 0.717) is 40.4 Å². The van der Waals surface area contributed by atoms with Crippen LogP contribution in [-0.4, -0.2) is 19.6 Å². The summed E-state index contributed by atoms with van der Waals surface area (Å²) in [5.41, 5.74) is 17.2. The standard InChI is InChI=1S/C19H18F2N8/c1-2-15-25-18-16(9-3-6-13(22)14(7-9)27-24)17(26-19(23)29(18)28-15)11-5-4-10(20)8-12(11)21/h3-8,27H,2,22,24H2,1H3,(H2,23,26). The number of fused-ring (bicyclic) bond motifs is 1. The molecule has 0 aliphatic carbocycles. The molecule has 4 aromatic rings. The molecule has 2 aromatic carbocycles. The van der Waals surface area contributed by atoms with Crippen molar-refractivity contribution in [3.63, 3.8) is 0 Å². The number of hydrogen-bond acceptors (Lipinski definition) is 7. The summed E-state index contributed by atoms with van der Waals surface area (Å²) in [7, 11) is 0. The number of hydrogen-bond donors (Lipinski definition) is 4. The first-order valence-corrected chi connectivity index (χ1v) is 8.80. The molecule has 148 valence electrons. The highest BCUT2D eigenvalue weighted by Gasteiger charge is 2.22. The number of nitrogens with zero attached hydrogens (tertiary/aromatic N) is 4. The Bertz CT molecular complexity index is 1230. The Balaban J connectivity index is 2.11. The van der Waals surface area contributed by atoms with Crippen LogP contribution in [0.4, 0.5) is 26.1 Å². The number of benzene rings is 2. The van der Waals surface area contributed by atoms with E-state index in [-0.39, 0.29) is 17.2 Å². The second kappa shape index (κ2) is 6.99. The van der Waals surface area contributed by atoms with E-state index in [9.17, 15) is 8.78 Å². The molecule has 2 aromatic heterocycles. The first-order chi connectivity index (χ1) is 13.9. The maximum atomic E-state index is 14.6. The Labute approximate surface area is 164 Å². The smallest absolute Gasteiger partial charge is 0.223 e. The molecule has 0 saturated heterocycles. The molecule has 0 aliphatic heterocycles. The number of hydrazine groups is 1. The highest BCUT2D eigenvalue weighted by molar-refractivity contribution is 5.92. The third-order valence-corrected chi connectivity index (χ3v) is 4.55. The van der Waals surface area contributed by atoms with E-state index in [2.05, 4.69) is 20.5 Å². The predicted octanol–water partition coefficient (Wildman–Crippen LogP) is 2.75. The maximum Gasteiger partial charge on any atom is 0.223 e. The molecule has 4 rings (SSSR count). The summed E-state index contributed by atoms with van der Waals surface area (Å²) >= 11 is 0. The van der Waals surface area contributed by atoms with Crippen molar-refractivity contribution < 1.29 is 8.78 Å². The number of halogens is 2.